The van der Waals surface area contributed by atoms with Crippen molar-refractivity contribution >= 4 is 0 Å². The van der Waals surface area contributed by atoms with Gasteiger partial charge in [-0.2, -0.15) is 8.78 Å². The third kappa shape index (κ3) is 1.83. The van der Waals surface area contributed by atoms with E-state index in [-0.39, 0.29) is 0 Å². The second-order valence-corrected chi connectivity index (χ2v) is 2.89. The van der Waals surface area contributed by atoms with Gasteiger partial charge in [-0.1, -0.05) is 18.2 Å². The van der Waals surface area contributed by atoms with Crippen LogP contribution < -0.4 is 5.73 Å². The van der Waals surface area contributed by atoms with Gasteiger partial charge in [0.15, 0.2) is 0 Å². The van der Waals surface area contributed by atoms with Crippen molar-refractivity contribution < 1.29 is 13.2 Å². The average Bonchev–Trinajstić information content (AvgIpc) is 2.04. The maximum Gasteiger partial charge on any atom is 0.290 e. The third-order valence-electron chi connectivity index (χ3n) is 1.80. The molecule has 0 aliphatic rings. The third-order valence-corrected chi connectivity index (χ3v) is 1.80. The lowest BCUT2D eigenvalue weighted by Crippen LogP contribution is -2.36. The van der Waals surface area contributed by atoms with Crippen LogP contribution in [0.25, 0.3) is 0 Å². The Kier molecular flexibility index (Phi) is 2.61. The number of alkyl halides is 2. The van der Waals surface area contributed by atoms with Crippen molar-refractivity contribution in [2.45, 2.75) is 18.9 Å². The molecule has 0 heterocycles. The molecule has 0 aliphatic carbocycles. The van der Waals surface area contributed by atoms with Gasteiger partial charge in [-0.25, -0.2) is 4.39 Å². The van der Waals surface area contributed by atoms with Crippen molar-refractivity contribution in [2.75, 3.05) is 0 Å². The van der Waals surface area contributed by atoms with Crippen LogP contribution in [0.3, 0.4) is 0 Å². The highest BCUT2D eigenvalue weighted by Crippen LogP contribution is 2.32. The number of nitrogens with two attached hydrogens (primary N) is 1. The molecule has 0 bridgehead atoms. The Labute approximate surface area is 74.4 Å². The summed E-state index contributed by atoms with van der Waals surface area (Å²) in [6.07, 6.45) is 0. The summed E-state index contributed by atoms with van der Waals surface area (Å²) >= 11 is 0. The van der Waals surface area contributed by atoms with Gasteiger partial charge in [0, 0.05) is 0 Å². The van der Waals surface area contributed by atoms with Crippen LogP contribution in [0.4, 0.5) is 13.2 Å². The first-order valence-corrected chi connectivity index (χ1v) is 3.84. The SMILES string of the molecule is CC(N)C(F)(F)c1ccccc1F. The van der Waals surface area contributed by atoms with E-state index in [9.17, 15) is 13.2 Å². The summed E-state index contributed by atoms with van der Waals surface area (Å²) in [5, 5.41) is 0. The van der Waals surface area contributed by atoms with E-state index < -0.39 is 23.3 Å². The summed E-state index contributed by atoms with van der Waals surface area (Å²) in [6.45, 7) is 1.15. The summed E-state index contributed by atoms with van der Waals surface area (Å²) in [7, 11) is 0. The second-order valence-electron chi connectivity index (χ2n) is 2.89. The summed E-state index contributed by atoms with van der Waals surface area (Å²) in [4.78, 5) is 0. The van der Waals surface area contributed by atoms with Gasteiger partial charge in [-0.05, 0) is 13.0 Å². The molecule has 72 valence electrons. The summed E-state index contributed by atoms with van der Waals surface area (Å²) in [6, 6.07) is 3.35. The number of rotatable bonds is 2. The molecule has 1 nitrogen and oxygen atoms in total. The van der Waals surface area contributed by atoms with E-state index in [2.05, 4.69) is 0 Å². The summed E-state index contributed by atoms with van der Waals surface area (Å²) < 4.78 is 39.3. The van der Waals surface area contributed by atoms with Crippen molar-refractivity contribution in [2.24, 2.45) is 5.73 Å². The van der Waals surface area contributed by atoms with Crippen LogP contribution in [0.2, 0.25) is 0 Å². The molecule has 0 aromatic heterocycles. The van der Waals surface area contributed by atoms with E-state index >= 15 is 0 Å². The van der Waals surface area contributed by atoms with Crippen LogP contribution in [-0.4, -0.2) is 6.04 Å². The van der Waals surface area contributed by atoms with Gasteiger partial charge >= 0.3 is 0 Å². The molecule has 0 saturated heterocycles. The summed E-state index contributed by atoms with van der Waals surface area (Å²) in [5.74, 6) is -4.24. The van der Waals surface area contributed by atoms with E-state index in [0.29, 0.717) is 0 Å². The Morgan fingerprint density at radius 1 is 1.31 bits per heavy atom. The Bertz CT molecular complexity index is 297. The molecule has 13 heavy (non-hydrogen) atoms. The van der Waals surface area contributed by atoms with Crippen molar-refractivity contribution in [3.63, 3.8) is 0 Å². The van der Waals surface area contributed by atoms with E-state index in [0.717, 1.165) is 19.1 Å². The van der Waals surface area contributed by atoms with Gasteiger partial charge in [0.2, 0.25) is 0 Å². The van der Waals surface area contributed by atoms with Gasteiger partial charge in [0.25, 0.3) is 5.92 Å². The van der Waals surface area contributed by atoms with E-state index in [4.69, 9.17) is 5.73 Å². The monoisotopic (exact) mass is 189 g/mol. The molecule has 0 fully saturated rings. The highest BCUT2D eigenvalue weighted by Gasteiger charge is 2.38. The molecule has 0 amide bonds. The fourth-order valence-corrected chi connectivity index (χ4v) is 0.977. The molecule has 0 spiro atoms. The van der Waals surface area contributed by atoms with Crippen molar-refractivity contribution in [3.8, 4) is 0 Å². The van der Waals surface area contributed by atoms with E-state index in [1.807, 2.05) is 0 Å². The van der Waals surface area contributed by atoms with Gasteiger partial charge in [0.05, 0.1) is 11.6 Å². The van der Waals surface area contributed by atoms with Crippen molar-refractivity contribution in [1.29, 1.82) is 0 Å². The lowest BCUT2D eigenvalue weighted by molar-refractivity contribution is -0.0288. The minimum absolute atomic E-state index is 0.648. The highest BCUT2D eigenvalue weighted by atomic mass is 19.3. The Balaban J connectivity index is 3.14. The Morgan fingerprint density at radius 3 is 2.31 bits per heavy atom. The fourth-order valence-electron chi connectivity index (χ4n) is 0.977. The summed E-state index contributed by atoms with van der Waals surface area (Å²) in [5.41, 5.74) is 4.41. The molecule has 1 atom stereocenters. The van der Waals surface area contributed by atoms with Gasteiger partial charge in [-0.15, -0.1) is 0 Å². The molecular weight excluding hydrogens is 179 g/mol. The van der Waals surface area contributed by atoms with Crippen LogP contribution in [0.5, 0.6) is 0 Å². The lowest BCUT2D eigenvalue weighted by atomic mass is 10.0. The number of hydrogen-bond acceptors (Lipinski definition) is 1. The fraction of sp³-hybridized carbons (Fsp3) is 0.333. The first kappa shape index (κ1) is 10.1. The zero-order chi connectivity index (χ0) is 10.1. The molecule has 0 aliphatic heterocycles. The largest absolute Gasteiger partial charge is 0.323 e. The van der Waals surface area contributed by atoms with E-state index in [1.165, 1.54) is 12.1 Å². The minimum atomic E-state index is -3.31. The van der Waals surface area contributed by atoms with Crippen LogP contribution >= 0.6 is 0 Å². The van der Waals surface area contributed by atoms with Crippen molar-refractivity contribution in [3.05, 3.63) is 35.6 Å². The van der Waals surface area contributed by atoms with E-state index in [1.54, 1.807) is 0 Å². The maximum absolute atomic E-state index is 13.2. The average molecular weight is 189 g/mol. The lowest BCUT2D eigenvalue weighted by Gasteiger charge is -2.20. The van der Waals surface area contributed by atoms with Gasteiger partial charge < -0.3 is 5.73 Å². The Morgan fingerprint density at radius 2 is 1.85 bits per heavy atom. The molecule has 4 heteroatoms. The predicted molar refractivity (Wildman–Crippen MR) is 43.9 cm³/mol. The first-order chi connectivity index (χ1) is 5.96. The molecule has 0 radical (unpaired) electrons. The molecule has 0 saturated carbocycles. The van der Waals surface area contributed by atoms with Crippen LogP contribution in [-0.2, 0) is 5.92 Å². The molecule has 1 aromatic carbocycles. The predicted octanol–water partition coefficient (Wildman–Crippen LogP) is 2.26. The maximum atomic E-state index is 13.2. The van der Waals surface area contributed by atoms with Gasteiger partial charge in [0.1, 0.15) is 5.82 Å². The molecular formula is C9H10F3N. The second kappa shape index (κ2) is 3.38. The zero-order valence-corrected chi connectivity index (χ0v) is 7.10. The molecule has 1 aromatic rings. The normalized spacial score (nSPS) is 14.2. The van der Waals surface area contributed by atoms with Crippen LogP contribution in [0.15, 0.2) is 24.3 Å². The topological polar surface area (TPSA) is 26.0 Å². The number of hydrogen-bond donors (Lipinski definition) is 1. The highest BCUT2D eigenvalue weighted by molar-refractivity contribution is 5.23. The molecule has 1 unspecified atom stereocenters. The van der Waals surface area contributed by atoms with Crippen molar-refractivity contribution in [1.82, 2.24) is 0 Å². The zero-order valence-electron chi connectivity index (χ0n) is 7.10. The molecule has 1 rings (SSSR count). The Hall–Kier alpha value is -1.03. The quantitative estimate of drug-likeness (QED) is 0.758. The number of halogens is 3. The minimum Gasteiger partial charge on any atom is -0.323 e. The number of benzene rings is 1. The first-order valence-electron chi connectivity index (χ1n) is 3.84. The van der Waals surface area contributed by atoms with Crippen LogP contribution in [0, 0.1) is 5.82 Å². The van der Waals surface area contributed by atoms with Gasteiger partial charge in [-0.3, -0.25) is 0 Å². The standard InChI is InChI=1S/C9H10F3N/c1-6(13)9(11,12)7-4-2-3-5-8(7)10/h2-6H,13H2,1H3. The molecule has 2 N–H and O–H groups in total. The smallest absolute Gasteiger partial charge is 0.290 e. The van der Waals surface area contributed by atoms with Crippen LogP contribution in [0.1, 0.15) is 12.5 Å².